The minimum absolute atomic E-state index is 0.202. The van der Waals surface area contributed by atoms with Crippen LogP contribution in [-0.4, -0.2) is 56.4 Å². The fraction of sp³-hybridized carbons (Fsp3) is 0.412. The summed E-state index contributed by atoms with van der Waals surface area (Å²) in [6, 6.07) is 3.36. The molecule has 2 unspecified atom stereocenters. The zero-order valence-electron chi connectivity index (χ0n) is 13.6. The lowest BCUT2D eigenvalue weighted by molar-refractivity contribution is 0.0438. The molecule has 2 atom stereocenters. The Morgan fingerprint density at radius 2 is 1.96 bits per heavy atom. The molecule has 1 aliphatic carbocycles. The van der Waals surface area contributed by atoms with Gasteiger partial charge in [0.25, 0.3) is 5.91 Å². The van der Waals surface area contributed by atoms with Gasteiger partial charge in [-0.15, -0.1) is 0 Å². The lowest BCUT2D eigenvalue weighted by Gasteiger charge is -2.28. The van der Waals surface area contributed by atoms with E-state index < -0.39 is 17.6 Å². The molecular formula is C17H20N4O4. The first-order chi connectivity index (χ1) is 12.1. The summed E-state index contributed by atoms with van der Waals surface area (Å²) in [5, 5.41) is 22.8. The summed E-state index contributed by atoms with van der Waals surface area (Å²) in [6.07, 6.45) is 6.58. The van der Waals surface area contributed by atoms with Gasteiger partial charge < -0.3 is 20.3 Å². The number of aromatic nitrogens is 3. The minimum Gasteiger partial charge on any atom is -0.476 e. The third kappa shape index (κ3) is 4.28. The molecule has 1 amide bonds. The van der Waals surface area contributed by atoms with Crippen LogP contribution in [0.3, 0.4) is 0 Å². The van der Waals surface area contributed by atoms with Crippen molar-refractivity contribution in [3.8, 4) is 5.88 Å². The Morgan fingerprint density at radius 1 is 1.20 bits per heavy atom. The first-order valence-corrected chi connectivity index (χ1v) is 8.01. The predicted molar refractivity (Wildman–Crippen MR) is 87.8 cm³/mol. The molecule has 3 rings (SSSR count). The first-order valence-electron chi connectivity index (χ1n) is 8.01. The molecule has 1 aliphatic rings. The summed E-state index contributed by atoms with van der Waals surface area (Å²) < 4.78 is 5.67. The van der Waals surface area contributed by atoms with Crippen LogP contribution < -0.4 is 10.1 Å². The van der Waals surface area contributed by atoms with Crippen molar-refractivity contribution in [2.24, 2.45) is 5.41 Å². The smallest absolute Gasteiger partial charge is 0.252 e. The zero-order chi connectivity index (χ0) is 17.7. The summed E-state index contributed by atoms with van der Waals surface area (Å²) in [5.41, 5.74) is -0.139. The van der Waals surface area contributed by atoms with Crippen molar-refractivity contribution in [3.63, 3.8) is 0 Å². The molecule has 0 aromatic carbocycles. The average molecular weight is 344 g/mol. The van der Waals surface area contributed by atoms with E-state index in [0.717, 1.165) is 0 Å². The molecule has 8 nitrogen and oxygen atoms in total. The van der Waals surface area contributed by atoms with Crippen LogP contribution in [0.25, 0.3) is 0 Å². The van der Waals surface area contributed by atoms with E-state index in [1.165, 1.54) is 18.6 Å². The Labute approximate surface area is 144 Å². The van der Waals surface area contributed by atoms with E-state index >= 15 is 0 Å². The van der Waals surface area contributed by atoms with E-state index in [1.54, 1.807) is 24.5 Å². The fourth-order valence-corrected chi connectivity index (χ4v) is 3.01. The fourth-order valence-electron chi connectivity index (χ4n) is 3.01. The first kappa shape index (κ1) is 17.2. The Hall–Kier alpha value is -2.58. The number of carbonyl (C=O) groups excluding carboxylic acids is 1. The number of carbonyl (C=O) groups is 1. The van der Waals surface area contributed by atoms with Gasteiger partial charge in [0, 0.05) is 36.7 Å². The van der Waals surface area contributed by atoms with Crippen molar-refractivity contribution in [1.82, 2.24) is 20.3 Å². The molecule has 3 N–H and O–H groups in total. The van der Waals surface area contributed by atoms with Crippen LogP contribution in [0.4, 0.5) is 0 Å². The number of rotatable bonds is 6. The van der Waals surface area contributed by atoms with Gasteiger partial charge in [0.2, 0.25) is 5.88 Å². The SMILES string of the molecule is O=C(NCC1(COc2cnccn2)CC(O)C(O)C1)c1cccnc1. The van der Waals surface area contributed by atoms with Crippen LogP contribution in [0.2, 0.25) is 0 Å². The number of hydrogen-bond donors (Lipinski definition) is 3. The highest BCUT2D eigenvalue weighted by atomic mass is 16.5. The van der Waals surface area contributed by atoms with E-state index in [9.17, 15) is 15.0 Å². The van der Waals surface area contributed by atoms with Crippen molar-refractivity contribution in [1.29, 1.82) is 0 Å². The van der Waals surface area contributed by atoms with E-state index in [0.29, 0.717) is 24.3 Å². The monoisotopic (exact) mass is 344 g/mol. The Bertz CT molecular complexity index is 688. The summed E-state index contributed by atoms with van der Waals surface area (Å²) in [7, 11) is 0. The van der Waals surface area contributed by atoms with Gasteiger partial charge in [-0.2, -0.15) is 0 Å². The highest BCUT2D eigenvalue weighted by molar-refractivity contribution is 5.93. The molecule has 25 heavy (non-hydrogen) atoms. The maximum Gasteiger partial charge on any atom is 0.252 e. The van der Waals surface area contributed by atoms with Crippen LogP contribution >= 0.6 is 0 Å². The van der Waals surface area contributed by atoms with Gasteiger partial charge >= 0.3 is 0 Å². The lowest BCUT2D eigenvalue weighted by atomic mass is 9.86. The van der Waals surface area contributed by atoms with Gasteiger partial charge in [0.1, 0.15) is 0 Å². The van der Waals surface area contributed by atoms with Crippen LogP contribution in [0, 0.1) is 5.41 Å². The molecule has 2 aromatic heterocycles. The van der Waals surface area contributed by atoms with E-state index in [2.05, 4.69) is 20.3 Å². The molecule has 0 aliphatic heterocycles. The predicted octanol–water partition coefficient (Wildman–Crippen LogP) is 0.182. The maximum atomic E-state index is 12.2. The third-order valence-electron chi connectivity index (χ3n) is 4.34. The zero-order valence-corrected chi connectivity index (χ0v) is 13.6. The van der Waals surface area contributed by atoms with Crippen LogP contribution in [0.1, 0.15) is 23.2 Å². The summed E-state index contributed by atoms with van der Waals surface area (Å²) in [5.74, 6) is 0.0965. The molecule has 132 valence electrons. The molecule has 1 fully saturated rings. The molecule has 8 heteroatoms. The molecule has 0 radical (unpaired) electrons. The quantitative estimate of drug-likeness (QED) is 0.684. The highest BCUT2D eigenvalue weighted by Crippen LogP contribution is 2.38. The average Bonchev–Trinajstić information content (AvgIpc) is 2.94. The van der Waals surface area contributed by atoms with Crippen molar-refractivity contribution in [2.75, 3.05) is 13.2 Å². The van der Waals surface area contributed by atoms with Gasteiger partial charge in [-0.25, -0.2) is 4.98 Å². The second-order valence-electron chi connectivity index (χ2n) is 6.30. The topological polar surface area (TPSA) is 117 Å². The Kier molecular flexibility index (Phi) is 5.20. The molecule has 2 heterocycles. The summed E-state index contributed by atoms with van der Waals surface area (Å²) in [6.45, 7) is 0.461. The second-order valence-corrected chi connectivity index (χ2v) is 6.30. The van der Waals surface area contributed by atoms with Gasteiger partial charge in [-0.1, -0.05) is 0 Å². The highest BCUT2D eigenvalue weighted by Gasteiger charge is 2.45. The molecule has 1 saturated carbocycles. The third-order valence-corrected chi connectivity index (χ3v) is 4.34. The number of nitrogens with zero attached hydrogens (tertiary/aromatic N) is 3. The van der Waals surface area contributed by atoms with Crippen molar-refractivity contribution < 1.29 is 19.7 Å². The van der Waals surface area contributed by atoms with Crippen LogP contribution in [0.15, 0.2) is 43.1 Å². The lowest BCUT2D eigenvalue weighted by Crippen LogP contribution is -2.40. The van der Waals surface area contributed by atoms with Crippen molar-refractivity contribution >= 4 is 5.91 Å². The molecule has 2 aromatic rings. The molecule has 0 saturated heterocycles. The van der Waals surface area contributed by atoms with Crippen molar-refractivity contribution in [3.05, 3.63) is 48.7 Å². The van der Waals surface area contributed by atoms with Crippen LogP contribution in [-0.2, 0) is 0 Å². The minimum atomic E-state index is -0.847. The van der Waals surface area contributed by atoms with E-state index in [4.69, 9.17) is 4.74 Å². The summed E-state index contributed by atoms with van der Waals surface area (Å²) in [4.78, 5) is 24.1. The van der Waals surface area contributed by atoms with Gasteiger partial charge in [0.05, 0.1) is 30.6 Å². The molecule has 0 spiro atoms. The standard InChI is InChI=1S/C17H20N4O4/c22-13-6-17(7-14(13)23,11-25-15-9-19-4-5-20-15)10-21-16(24)12-2-1-3-18-8-12/h1-5,8-9,13-14,22-23H,6-7,10-11H2,(H,21,24). The molecule has 0 bridgehead atoms. The van der Waals surface area contributed by atoms with Crippen LogP contribution in [0.5, 0.6) is 5.88 Å². The second kappa shape index (κ2) is 7.54. The number of ether oxygens (including phenoxy) is 1. The van der Waals surface area contributed by atoms with Gasteiger partial charge in [-0.05, 0) is 25.0 Å². The summed E-state index contributed by atoms with van der Waals surface area (Å²) >= 11 is 0. The van der Waals surface area contributed by atoms with E-state index in [1.807, 2.05) is 0 Å². The number of amides is 1. The largest absolute Gasteiger partial charge is 0.476 e. The Balaban J connectivity index is 1.66. The van der Waals surface area contributed by atoms with Gasteiger partial charge in [0.15, 0.2) is 0 Å². The number of nitrogens with one attached hydrogen (secondary N) is 1. The maximum absolute atomic E-state index is 12.2. The number of pyridine rings is 1. The van der Waals surface area contributed by atoms with Gasteiger partial charge in [-0.3, -0.25) is 14.8 Å². The van der Waals surface area contributed by atoms with E-state index in [-0.39, 0.29) is 19.1 Å². The normalized spacial score (nSPS) is 25.5. The Morgan fingerprint density at radius 3 is 2.60 bits per heavy atom. The number of aliphatic hydroxyl groups excluding tert-OH is 2. The van der Waals surface area contributed by atoms with Crippen molar-refractivity contribution in [2.45, 2.75) is 25.0 Å². The number of aliphatic hydroxyl groups is 2. The number of hydrogen-bond acceptors (Lipinski definition) is 7. The molecular weight excluding hydrogens is 324 g/mol.